The molecule has 0 bridgehead atoms. The molecule has 1 heterocycles. The fourth-order valence-electron chi connectivity index (χ4n) is 4.87. The van der Waals surface area contributed by atoms with Gasteiger partial charge in [-0.1, -0.05) is 39.3 Å². The van der Waals surface area contributed by atoms with Gasteiger partial charge in [0.15, 0.2) is 0 Å². The molecule has 1 aliphatic rings. The van der Waals surface area contributed by atoms with E-state index in [4.69, 9.17) is 9.97 Å². The van der Waals surface area contributed by atoms with Gasteiger partial charge < -0.3 is 10.2 Å². The topological polar surface area (TPSA) is 44.3 Å². The van der Waals surface area contributed by atoms with Gasteiger partial charge in [-0.2, -0.15) is 0 Å². The van der Waals surface area contributed by atoms with E-state index in [9.17, 15) is 0 Å². The van der Waals surface area contributed by atoms with E-state index >= 15 is 0 Å². The Morgan fingerprint density at radius 3 is 2.42 bits per heavy atom. The van der Waals surface area contributed by atoms with Crippen molar-refractivity contribution < 1.29 is 0 Å². The molecule has 172 valence electrons. The molecular formula is C26H43N5. The second-order valence-corrected chi connectivity index (χ2v) is 10.4. The van der Waals surface area contributed by atoms with Gasteiger partial charge in [-0.15, -0.1) is 0 Å². The third kappa shape index (κ3) is 6.39. The van der Waals surface area contributed by atoms with E-state index in [0.717, 1.165) is 54.5 Å². The van der Waals surface area contributed by atoms with Gasteiger partial charge in [0.05, 0.1) is 12.1 Å². The number of nitrogens with zero attached hydrogens (tertiary/aromatic N) is 4. The Hall–Kier alpha value is -1.72. The normalized spacial score (nSPS) is 20.0. The highest BCUT2D eigenvalue weighted by molar-refractivity contribution is 5.88. The summed E-state index contributed by atoms with van der Waals surface area (Å²) in [6.07, 6.45) is 7.62. The number of hydrogen-bond donors (Lipinski definition) is 1. The fourth-order valence-corrected chi connectivity index (χ4v) is 4.87. The average Bonchev–Trinajstić information content (AvgIpc) is 2.76. The van der Waals surface area contributed by atoms with Crippen LogP contribution in [0.2, 0.25) is 0 Å². The molecule has 0 saturated heterocycles. The molecule has 0 spiro atoms. The third-order valence-electron chi connectivity index (χ3n) is 7.45. The maximum absolute atomic E-state index is 4.94. The Kier molecular flexibility index (Phi) is 8.29. The minimum Gasteiger partial charge on any atom is -0.369 e. The molecule has 1 N–H and O–H groups in total. The lowest BCUT2D eigenvalue weighted by atomic mass is 9.69. The molecule has 0 unspecified atom stereocenters. The van der Waals surface area contributed by atoms with E-state index in [1.54, 1.807) is 0 Å². The predicted octanol–water partition coefficient (Wildman–Crippen LogP) is 5.42. The van der Waals surface area contributed by atoms with Gasteiger partial charge in [0, 0.05) is 18.0 Å². The minimum absolute atomic E-state index is 0.470. The molecule has 1 fully saturated rings. The van der Waals surface area contributed by atoms with Crippen LogP contribution in [-0.2, 0) is 6.54 Å². The summed E-state index contributed by atoms with van der Waals surface area (Å²) in [5.41, 5.74) is 1.50. The van der Waals surface area contributed by atoms with Crippen molar-refractivity contribution in [3.63, 3.8) is 0 Å². The SMILES string of the molecule is CCC(C)(C)C1CCC(N(C)Cc2nc(NCCCN(C)C)c3ccccc3n2)CC1. The number of nitrogens with one attached hydrogen (secondary N) is 1. The molecular weight excluding hydrogens is 382 g/mol. The van der Waals surface area contributed by atoms with Crippen LogP contribution in [0, 0.1) is 11.3 Å². The average molecular weight is 426 g/mol. The number of fused-ring (bicyclic) bond motifs is 1. The summed E-state index contributed by atoms with van der Waals surface area (Å²) in [5.74, 6) is 2.76. The molecule has 1 aliphatic carbocycles. The van der Waals surface area contributed by atoms with E-state index in [1.165, 1.54) is 32.1 Å². The Bertz CT molecular complexity index is 824. The lowest BCUT2D eigenvalue weighted by Crippen LogP contribution is -2.38. The van der Waals surface area contributed by atoms with Crippen molar-refractivity contribution in [1.82, 2.24) is 19.8 Å². The number of aromatic nitrogens is 2. The fraction of sp³-hybridized carbons (Fsp3) is 0.692. The first kappa shape index (κ1) is 23.9. The molecule has 0 radical (unpaired) electrons. The maximum Gasteiger partial charge on any atom is 0.145 e. The number of hydrogen-bond acceptors (Lipinski definition) is 5. The van der Waals surface area contributed by atoms with Crippen LogP contribution < -0.4 is 5.32 Å². The Balaban J connectivity index is 1.65. The lowest BCUT2D eigenvalue weighted by molar-refractivity contribution is 0.0938. The second-order valence-electron chi connectivity index (χ2n) is 10.4. The quantitative estimate of drug-likeness (QED) is 0.515. The second kappa shape index (κ2) is 10.7. The molecule has 2 aromatic rings. The molecule has 3 rings (SSSR count). The molecule has 5 heteroatoms. The summed E-state index contributed by atoms with van der Waals surface area (Å²) in [5, 5.41) is 4.68. The third-order valence-corrected chi connectivity index (χ3v) is 7.45. The van der Waals surface area contributed by atoms with Crippen LogP contribution in [0.5, 0.6) is 0 Å². The zero-order chi connectivity index (χ0) is 22.4. The maximum atomic E-state index is 4.94. The van der Waals surface area contributed by atoms with Crippen molar-refractivity contribution in [3.8, 4) is 0 Å². The van der Waals surface area contributed by atoms with Crippen LogP contribution in [-0.4, -0.2) is 60.0 Å². The van der Waals surface area contributed by atoms with Crippen LogP contribution in [0.3, 0.4) is 0 Å². The van der Waals surface area contributed by atoms with Crippen molar-refractivity contribution in [2.45, 2.75) is 71.9 Å². The Morgan fingerprint density at radius 2 is 1.74 bits per heavy atom. The van der Waals surface area contributed by atoms with Crippen molar-refractivity contribution in [2.75, 3.05) is 39.5 Å². The van der Waals surface area contributed by atoms with Gasteiger partial charge >= 0.3 is 0 Å². The van der Waals surface area contributed by atoms with Gasteiger partial charge in [0.25, 0.3) is 0 Å². The van der Waals surface area contributed by atoms with Gasteiger partial charge in [-0.3, -0.25) is 4.90 Å². The smallest absolute Gasteiger partial charge is 0.145 e. The molecule has 0 aliphatic heterocycles. The van der Waals surface area contributed by atoms with Gasteiger partial charge in [0.1, 0.15) is 11.6 Å². The number of para-hydroxylation sites is 1. The van der Waals surface area contributed by atoms with Crippen LogP contribution in [0.15, 0.2) is 24.3 Å². The molecule has 31 heavy (non-hydrogen) atoms. The molecule has 1 aromatic heterocycles. The standard InChI is InChI=1S/C26H43N5/c1-7-26(2,3)20-13-15-21(16-14-20)31(6)19-24-28-23-12-9-8-11-22(23)25(29-24)27-17-10-18-30(4)5/h8-9,11-12,20-21H,7,10,13-19H2,1-6H3,(H,27,28,29). The van der Waals surface area contributed by atoms with Gasteiger partial charge in [-0.05, 0) is 83.3 Å². The summed E-state index contributed by atoms with van der Waals surface area (Å²) >= 11 is 0. The van der Waals surface area contributed by atoms with E-state index in [1.807, 2.05) is 0 Å². The highest BCUT2D eigenvalue weighted by Gasteiger charge is 2.33. The van der Waals surface area contributed by atoms with Crippen molar-refractivity contribution in [2.24, 2.45) is 11.3 Å². The monoisotopic (exact) mass is 425 g/mol. The molecule has 0 atom stereocenters. The number of anilines is 1. The summed E-state index contributed by atoms with van der Waals surface area (Å²) in [6.45, 7) is 10.0. The zero-order valence-corrected chi connectivity index (χ0v) is 20.6. The summed E-state index contributed by atoms with van der Waals surface area (Å²) in [6, 6.07) is 8.99. The van der Waals surface area contributed by atoms with Crippen molar-refractivity contribution in [1.29, 1.82) is 0 Å². The van der Waals surface area contributed by atoms with E-state index in [0.29, 0.717) is 11.5 Å². The number of rotatable bonds is 10. The first-order valence-corrected chi connectivity index (χ1v) is 12.1. The molecule has 1 aromatic carbocycles. The highest BCUT2D eigenvalue weighted by atomic mass is 15.2. The Morgan fingerprint density at radius 1 is 1.03 bits per heavy atom. The van der Waals surface area contributed by atoms with E-state index in [2.05, 4.69) is 81.3 Å². The van der Waals surface area contributed by atoms with Gasteiger partial charge in [-0.25, -0.2) is 9.97 Å². The first-order valence-electron chi connectivity index (χ1n) is 12.1. The van der Waals surface area contributed by atoms with E-state index in [-0.39, 0.29) is 0 Å². The molecule has 1 saturated carbocycles. The molecule has 0 amide bonds. The summed E-state index contributed by atoms with van der Waals surface area (Å²) < 4.78 is 0. The zero-order valence-electron chi connectivity index (χ0n) is 20.6. The van der Waals surface area contributed by atoms with Crippen molar-refractivity contribution in [3.05, 3.63) is 30.1 Å². The van der Waals surface area contributed by atoms with Crippen LogP contribution in [0.25, 0.3) is 10.9 Å². The van der Waals surface area contributed by atoms with Crippen molar-refractivity contribution >= 4 is 16.7 Å². The highest BCUT2D eigenvalue weighted by Crippen LogP contribution is 2.41. The molecule has 5 nitrogen and oxygen atoms in total. The Labute approximate surface area is 189 Å². The summed E-state index contributed by atoms with van der Waals surface area (Å²) in [7, 11) is 6.48. The first-order chi connectivity index (χ1) is 14.8. The largest absolute Gasteiger partial charge is 0.369 e. The summed E-state index contributed by atoms with van der Waals surface area (Å²) in [4.78, 5) is 14.5. The van der Waals surface area contributed by atoms with Crippen LogP contribution >= 0.6 is 0 Å². The lowest BCUT2D eigenvalue weighted by Gasteiger charge is -2.41. The van der Waals surface area contributed by atoms with Gasteiger partial charge in [0.2, 0.25) is 0 Å². The predicted molar refractivity (Wildman–Crippen MR) is 132 cm³/mol. The number of benzene rings is 1. The van der Waals surface area contributed by atoms with Crippen LogP contribution in [0.1, 0.15) is 65.1 Å². The van der Waals surface area contributed by atoms with Crippen LogP contribution in [0.4, 0.5) is 5.82 Å². The van der Waals surface area contributed by atoms with E-state index < -0.39 is 0 Å². The minimum atomic E-state index is 0.470.